The maximum absolute atomic E-state index is 12.6. The Morgan fingerprint density at radius 3 is 2.14 bits per heavy atom. The summed E-state index contributed by atoms with van der Waals surface area (Å²) in [6, 6.07) is 0. The van der Waals surface area contributed by atoms with Gasteiger partial charge < -0.3 is 15.1 Å². The molecule has 2 saturated carbocycles. The first-order valence-corrected chi connectivity index (χ1v) is 11.2. The maximum Gasteiger partial charge on any atom is 0.236 e. The average Bonchev–Trinajstić information content (AvgIpc) is 3.57. The molecule has 1 amide bonds. The van der Waals surface area contributed by atoms with E-state index in [-0.39, 0.29) is 24.0 Å². The van der Waals surface area contributed by atoms with Crippen molar-refractivity contribution in [2.45, 2.75) is 51.4 Å². The Hall–Kier alpha value is -0.570. The molecule has 2 aliphatic heterocycles. The highest BCUT2D eigenvalue weighted by Crippen LogP contribution is 2.60. The lowest BCUT2D eigenvalue weighted by Crippen LogP contribution is -2.54. The summed E-state index contributed by atoms with van der Waals surface area (Å²) in [5, 5.41) is 3.66. The van der Waals surface area contributed by atoms with Gasteiger partial charge in [0.2, 0.25) is 5.91 Å². The van der Waals surface area contributed by atoms with E-state index in [2.05, 4.69) is 25.0 Å². The lowest BCUT2D eigenvalue weighted by Gasteiger charge is -2.37. The molecule has 4 aliphatic rings. The van der Waals surface area contributed by atoms with Gasteiger partial charge in [0.1, 0.15) is 0 Å². The SMILES string of the molecule is CN=C(NCC1(C2CC2)CC1)N1CCN(CC(=O)N2CCCCCC2)CC1.I. The Balaban J connectivity index is 0.00000225. The molecular formula is C21H38IN5O. The number of amides is 1. The summed E-state index contributed by atoms with van der Waals surface area (Å²) in [6.45, 7) is 7.42. The number of piperazine rings is 1. The van der Waals surface area contributed by atoms with Crippen LogP contribution in [0.15, 0.2) is 4.99 Å². The van der Waals surface area contributed by atoms with Crippen molar-refractivity contribution in [2.24, 2.45) is 16.3 Å². The molecule has 0 atom stereocenters. The zero-order valence-electron chi connectivity index (χ0n) is 17.5. The van der Waals surface area contributed by atoms with Crippen LogP contribution < -0.4 is 5.32 Å². The average molecular weight is 503 g/mol. The van der Waals surface area contributed by atoms with Gasteiger partial charge in [0, 0.05) is 52.9 Å². The lowest BCUT2D eigenvalue weighted by molar-refractivity contribution is -0.132. The van der Waals surface area contributed by atoms with E-state index in [0.717, 1.165) is 57.7 Å². The first-order chi connectivity index (χ1) is 13.2. The highest BCUT2D eigenvalue weighted by molar-refractivity contribution is 14.0. The predicted octanol–water partition coefficient (Wildman–Crippen LogP) is 2.39. The zero-order valence-corrected chi connectivity index (χ0v) is 19.8. The summed E-state index contributed by atoms with van der Waals surface area (Å²) >= 11 is 0. The summed E-state index contributed by atoms with van der Waals surface area (Å²) in [7, 11) is 1.90. The van der Waals surface area contributed by atoms with E-state index in [9.17, 15) is 4.79 Å². The molecule has 1 N–H and O–H groups in total. The van der Waals surface area contributed by atoms with Crippen LogP contribution in [0, 0.1) is 11.3 Å². The quantitative estimate of drug-likeness (QED) is 0.356. The van der Waals surface area contributed by atoms with Crippen LogP contribution in [0.1, 0.15) is 51.4 Å². The normalized spacial score (nSPS) is 25.7. The van der Waals surface area contributed by atoms with Crippen molar-refractivity contribution in [3.63, 3.8) is 0 Å². The van der Waals surface area contributed by atoms with Gasteiger partial charge in [-0.15, -0.1) is 24.0 Å². The maximum atomic E-state index is 12.6. The molecule has 4 rings (SSSR count). The van der Waals surface area contributed by atoms with E-state index in [1.807, 2.05) is 7.05 Å². The zero-order chi connectivity index (χ0) is 18.7. The fourth-order valence-electron chi connectivity index (χ4n) is 4.90. The molecule has 0 spiro atoms. The molecule has 0 radical (unpaired) electrons. The monoisotopic (exact) mass is 503 g/mol. The van der Waals surface area contributed by atoms with Crippen LogP contribution in [-0.2, 0) is 4.79 Å². The Morgan fingerprint density at radius 2 is 1.61 bits per heavy atom. The van der Waals surface area contributed by atoms with Crippen molar-refractivity contribution in [2.75, 3.05) is 59.4 Å². The molecule has 4 fully saturated rings. The molecule has 0 aromatic rings. The summed E-state index contributed by atoms with van der Waals surface area (Å²) in [4.78, 5) is 23.9. The molecule has 2 aliphatic carbocycles. The highest BCUT2D eigenvalue weighted by Gasteiger charge is 2.53. The standard InChI is InChI=1S/C21H37N5O.HI/c1-22-20(23-17-21(8-9-21)18-6-7-18)26-14-12-24(13-15-26)16-19(27)25-10-4-2-3-5-11-25;/h18H,2-17H2,1H3,(H,22,23);1H. The van der Waals surface area contributed by atoms with E-state index in [1.165, 1.54) is 51.4 Å². The van der Waals surface area contributed by atoms with Crippen molar-refractivity contribution in [3.8, 4) is 0 Å². The van der Waals surface area contributed by atoms with Gasteiger partial charge in [-0.25, -0.2) is 0 Å². The summed E-state index contributed by atoms with van der Waals surface area (Å²) in [5.74, 6) is 2.36. The van der Waals surface area contributed by atoms with Crippen molar-refractivity contribution in [1.29, 1.82) is 0 Å². The van der Waals surface area contributed by atoms with Gasteiger partial charge in [-0.1, -0.05) is 12.8 Å². The fourth-order valence-corrected chi connectivity index (χ4v) is 4.90. The Morgan fingerprint density at radius 1 is 0.964 bits per heavy atom. The van der Waals surface area contributed by atoms with Crippen LogP contribution in [0.3, 0.4) is 0 Å². The van der Waals surface area contributed by atoms with Gasteiger partial charge in [0.05, 0.1) is 6.54 Å². The molecule has 160 valence electrons. The van der Waals surface area contributed by atoms with E-state index in [1.54, 1.807) is 0 Å². The second-order valence-corrected chi connectivity index (χ2v) is 9.10. The Bertz CT molecular complexity index is 545. The minimum absolute atomic E-state index is 0. The number of hydrogen-bond donors (Lipinski definition) is 1. The van der Waals surface area contributed by atoms with Gasteiger partial charge in [-0.3, -0.25) is 14.7 Å². The number of aliphatic imine (C=N–C) groups is 1. The third kappa shape index (κ3) is 5.52. The lowest BCUT2D eigenvalue weighted by atomic mass is 10.0. The van der Waals surface area contributed by atoms with E-state index in [4.69, 9.17) is 0 Å². The Labute approximate surface area is 187 Å². The molecule has 7 heteroatoms. The molecular weight excluding hydrogens is 465 g/mol. The molecule has 0 bridgehead atoms. The van der Waals surface area contributed by atoms with Crippen LogP contribution in [0.2, 0.25) is 0 Å². The van der Waals surface area contributed by atoms with Crippen LogP contribution in [-0.4, -0.2) is 86.0 Å². The van der Waals surface area contributed by atoms with Crippen LogP contribution in [0.5, 0.6) is 0 Å². The number of halogens is 1. The number of likely N-dealkylation sites (tertiary alicyclic amines) is 1. The largest absolute Gasteiger partial charge is 0.356 e. The van der Waals surface area contributed by atoms with Gasteiger partial charge >= 0.3 is 0 Å². The van der Waals surface area contributed by atoms with Gasteiger partial charge in [0.25, 0.3) is 0 Å². The smallest absolute Gasteiger partial charge is 0.236 e. The molecule has 28 heavy (non-hydrogen) atoms. The van der Waals surface area contributed by atoms with Crippen molar-refractivity contribution >= 4 is 35.8 Å². The summed E-state index contributed by atoms with van der Waals surface area (Å²) < 4.78 is 0. The third-order valence-corrected chi connectivity index (χ3v) is 7.14. The molecule has 0 aromatic heterocycles. The number of rotatable bonds is 5. The minimum atomic E-state index is 0. The first kappa shape index (κ1) is 22.1. The van der Waals surface area contributed by atoms with Gasteiger partial charge in [-0.05, 0) is 49.9 Å². The topological polar surface area (TPSA) is 51.2 Å². The fraction of sp³-hybridized carbons (Fsp3) is 0.905. The van der Waals surface area contributed by atoms with Gasteiger partial charge in [0.15, 0.2) is 5.96 Å². The number of nitrogens with zero attached hydrogens (tertiary/aromatic N) is 4. The molecule has 2 saturated heterocycles. The highest BCUT2D eigenvalue weighted by atomic mass is 127. The molecule has 0 aromatic carbocycles. The predicted molar refractivity (Wildman–Crippen MR) is 124 cm³/mol. The number of hydrogen-bond acceptors (Lipinski definition) is 3. The van der Waals surface area contributed by atoms with E-state index in [0.29, 0.717) is 17.9 Å². The van der Waals surface area contributed by atoms with Crippen LogP contribution in [0.25, 0.3) is 0 Å². The third-order valence-electron chi connectivity index (χ3n) is 7.14. The second-order valence-electron chi connectivity index (χ2n) is 9.10. The molecule has 0 unspecified atom stereocenters. The Kier molecular flexibility index (Phi) is 7.87. The first-order valence-electron chi connectivity index (χ1n) is 11.2. The molecule has 6 nitrogen and oxygen atoms in total. The summed E-state index contributed by atoms with van der Waals surface area (Å²) in [6.07, 6.45) is 10.6. The van der Waals surface area contributed by atoms with Crippen molar-refractivity contribution in [3.05, 3.63) is 0 Å². The number of carbonyl (C=O) groups is 1. The number of guanidine groups is 1. The van der Waals surface area contributed by atoms with Crippen LogP contribution >= 0.6 is 24.0 Å². The number of carbonyl (C=O) groups excluding carboxylic acids is 1. The van der Waals surface area contributed by atoms with Gasteiger partial charge in [-0.2, -0.15) is 0 Å². The van der Waals surface area contributed by atoms with Crippen molar-refractivity contribution in [1.82, 2.24) is 20.0 Å². The van der Waals surface area contributed by atoms with Crippen molar-refractivity contribution < 1.29 is 4.79 Å². The molecule has 2 heterocycles. The minimum Gasteiger partial charge on any atom is -0.356 e. The van der Waals surface area contributed by atoms with Crippen LogP contribution in [0.4, 0.5) is 0 Å². The van der Waals surface area contributed by atoms with E-state index < -0.39 is 0 Å². The summed E-state index contributed by atoms with van der Waals surface area (Å²) in [5.41, 5.74) is 0.595. The van der Waals surface area contributed by atoms with E-state index >= 15 is 0 Å². The number of nitrogens with one attached hydrogen (secondary N) is 1. The second kappa shape index (κ2) is 9.96.